The van der Waals surface area contributed by atoms with E-state index in [4.69, 9.17) is 11.6 Å². The molecule has 1 unspecified atom stereocenters. The van der Waals surface area contributed by atoms with Crippen molar-refractivity contribution in [1.29, 1.82) is 0 Å². The van der Waals surface area contributed by atoms with Crippen molar-refractivity contribution < 1.29 is 9.59 Å². The lowest BCUT2D eigenvalue weighted by Gasteiger charge is -2.40. The molecule has 0 N–H and O–H groups in total. The fourth-order valence-electron chi connectivity index (χ4n) is 5.08. The van der Waals surface area contributed by atoms with Crippen LogP contribution in [0.15, 0.2) is 66.7 Å². The van der Waals surface area contributed by atoms with Gasteiger partial charge in [-0.15, -0.1) is 0 Å². The summed E-state index contributed by atoms with van der Waals surface area (Å²) in [7, 11) is 0. The van der Waals surface area contributed by atoms with Gasteiger partial charge in [-0.2, -0.15) is 0 Å². The lowest BCUT2D eigenvalue weighted by Crippen LogP contribution is -2.53. The normalized spacial score (nSPS) is 19.1. The molecule has 2 heterocycles. The molecule has 0 aliphatic carbocycles. The highest BCUT2D eigenvalue weighted by Crippen LogP contribution is 2.28. The van der Waals surface area contributed by atoms with E-state index in [1.54, 1.807) is 0 Å². The molecule has 3 aromatic carbocycles. The van der Waals surface area contributed by atoms with Crippen molar-refractivity contribution in [3.63, 3.8) is 0 Å². The maximum absolute atomic E-state index is 13.4. The Morgan fingerprint density at radius 1 is 0.788 bits per heavy atom. The fraction of sp³-hybridized carbons (Fsp3) is 0.333. The number of amides is 2. The molecule has 33 heavy (non-hydrogen) atoms. The van der Waals surface area contributed by atoms with Crippen LogP contribution in [0.3, 0.4) is 0 Å². The van der Waals surface area contributed by atoms with Crippen LogP contribution in [0.25, 0.3) is 10.8 Å². The second-order valence-corrected chi connectivity index (χ2v) is 9.29. The van der Waals surface area contributed by atoms with Gasteiger partial charge in [0.1, 0.15) is 0 Å². The zero-order valence-electron chi connectivity index (χ0n) is 18.6. The third-order valence-corrected chi connectivity index (χ3v) is 7.18. The van der Waals surface area contributed by atoms with Gasteiger partial charge in [-0.1, -0.05) is 60.1 Å². The van der Waals surface area contributed by atoms with E-state index in [0.29, 0.717) is 26.2 Å². The molecule has 2 saturated heterocycles. The summed E-state index contributed by atoms with van der Waals surface area (Å²) in [5, 5.41) is 2.77. The van der Waals surface area contributed by atoms with E-state index in [9.17, 15) is 9.59 Å². The number of para-hydroxylation sites is 1. The maximum Gasteiger partial charge on any atom is 0.254 e. The number of fused-ring (bicyclic) bond motifs is 1. The third-order valence-electron chi connectivity index (χ3n) is 6.86. The molecule has 0 aromatic heterocycles. The lowest BCUT2D eigenvalue weighted by molar-refractivity contribution is -0.137. The average molecular weight is 462 g/mol. The van der Waals surface area contributed by atoms with E-state index in [1.165, 1.54) is 0 Å². The van der Waals surface area contributed by atoms with Crippen molar-refractivity contribution in [3.05, 3.63) is 77.3 Å². The highest BCUT2D eigenvalue weighted by atomic mass is 35.5. The Morgan fingerprint density at radius 2 is 1.52 bits per heavy atom. The second kappa shape index (κ2) is 9.44. The number of piperidine rings is 1. The number of likely N-dealkylation sites (tertiary alicyclic amines) is 1. The smallest absolute Gasteiger partial charge is 0.254 e. The summed E-state index contributed by atoms with van der Waals surface area (Å²) in [6.45, 7) is 4.08. The van der Waals surface area contributed by atoms with Crippen LogP contribution in [0.2, 0.25) is 5.02 Å². The molecular formula is C27H28ClN3O2. The molecule has 5 nitrogen and oxygen atoms in total. The van der Waals surface area contributed by atoms with Gasteiger partial charge in [0.2, 0.25) is 5.91 Å². The molecule has 0 radical (unpaired) electrons. The van der Waals surface area contributed by atoms with Crippen molar-refractivity contribution in [2.75, 3.05) is 44.2 Å². The quantitative estimate of drug-likeness (QED) is 0.568. The van der Waals surface area contributed by atoms with Crippen molar-refractivity contribution in [1.82, 2.24) is 9.80 Å². The van der Waals surface area contributed by atoms with E-state index >= 15 is 0 Å². The number of anilines is 1. The van der Waals surface area contributed by atoms with Gasteiger partial charge in [0.15, 0.2) is 0 Å². The molecule has 5 rings (SSSR count). The van der Waals surface area contributed by atoms with E-state index < -0.39 is 0 Å². The molecule has 1 atom stereocenters. The van der Waals surface area contributed by atoms with Crippen molar-refractivity contribution in [2.24, 2.45) is 5.92 Å². The van der Waals surface area contributed by atoms with Gasteiger partial charge in [-0.3, -0.25) is 9.59 Å². The van der Waals surface area contributed by atoms with Crippen molar-refractivity contribution in [2.45, 2.75) is 12.8 Å². The predicted molar refractivity (Wildman–Crippen MR) is 133 cm³/mol. The van der Waals surface area contributed by atoms with Gasteiger partial charge in [-0.25, -0.2) is 0 Å². The first-order valence-corrected chi connectivity index (χ1v) is 12.0. The molecule has 2 fully saturated rings. The minimum absolute atomic E-state index is 0.0211. The Kier molecular flexibility index (Phi) is 6.23. The predicted octanol–water partition coefficient (Wildman–Crippen LogP) is 4.69. The van der Waals surface area contributed by atoms with Crippen LogP contribution in [0.5, 0.6) is 0 Å². The van der Waals surface area contributed by atoms with Crippen molar-refractivity contribution in [3.8, 4) is 0 Å². The molecule has 2 aliphatic heterocycles. The topological polar surface area (TPSA) is 43.9 Å². The minimum Gasteiger partial charge on any atom is -0.367 e. The Labute approximate surface area is 199 Å². The summed E-state index contributed by atoms with van der Waals surface area (Å²) < 4.78 is 0. The molecule has 170 valence electrons. The van der Waals surface area contributed by atoms with Crippen LogP contribution in [-0.4, -0.2) is 60.9 Å². The number of hydrogen-bond acceptors (Lipinski definition) is 3. The lowest BCUT2D eigenvalue weighted by atomic mass is 9.95. The van der Waals surface area contributed by atoms with Gasteiger partial charge in [0.05, 0.1) is 16.6 Å². The zero-order chi connectivity index (χ0) is 22.8. The first kappa shape index (κ1) is 21.8. The Bertz CT molecular complexity index is 1170. The molecule has 0 saturated carbocycles. The molecule has 2 amide bonds. The molecule has 0 bridgehead atoms. The third kappa shape index (κ3) is 4.42. The van der Waals surface area contributed by atoms with Crippen molar-refractivity contribution >= 4 is 39.9 Å². The zero-order valence-corrected chi connectivity index (χ0v) is 19.4. The van der Waals surface area contributed by atoms with Gasteiger partial charge in [-0.05, 0) is 41.8 Å². The number of rotatable bonds is 3. The van der Waals surface area contributed by atoms with Gasteiger partial charge < -0.3 is 14.7 Å². The van der Waals surface area contributed by atoms with E-state index in [1.807, 2.05) is 76.5 Å². The summed E-state index contributed by atoms with van der Waals surface area (Å²) in [4.78, 5) is 32.8. The minimum atomic E-state index is -0.135. The number of halogens is 1. The number of benzene rings is 3. The summed E-state index contributed by atoms with van der Waals surface area (Å²) in [6.07, 6.45) is 1.69. The van der Waals surface area contributed by atoms with Gasteiger partial charge in [0, 0.05) is 44.8 Å². The van der Waals surface area contributed by atoms with Crippen LogP contribution < -0.4 is 4.90 Å². The van der Waals surface area contributed by atoms with Crippen LogP contribution in [0, 0.1) is 5.92 Å². The summed E-state index contributed by atoms with van der Waals surface area (Å²) in [6, 6.07) is 21.7. The van der Waals surface area contributed by atoms with Crippen LogP contribution in [0.4, 0.5) is 5.69 Å². The molecule has 2 aliphatic rings. The average Bonchev–Trinajstić information content (AvgIpc) is 2.88. The highest BCUT2D eigenvalue weighted by Gasteiger charge is 2.33. The standard InChI is InChI=1S/C27H28ClN3O2/c28-24-12-3-4-13-25(24)29-15-17-30(18-16-29)26(32)21-9-6-14-31(19-21)27(33)23-11-5-8-20-7-1-2-10-22(20)23/h1-5,7-8,10-13,21H,6,9,14-19H2. The van der Waals surface area contributed by atoms with Crippen LogP contribution >= 0.6 is 11.6 Å². The first-order valence-electron chi connectivity index (χ1n) is 11.7. The van der Waals surface area contributed by atoms with E-state index in [2.05, 4.69) is 4.90 Å². The Hall–Kier alpha value is -3.05. The first-order chi connectivity index (χ1) is 16.1. The number of piperazine rings is 1. The number of hydrogen-bond donors (Lipinski definition) is 0. The van der Waals surface area contributed by atoms with E-state index in [0.717, 1.165) is 53.0 Å². The number of carbonyl (C=O) groups excluding carboxylic acids is 2. The summed E-state index contributed by atoms with van der Waals surface area (Å²) in [5.74, 6) is 0.0570. The Balaban J connectivity index is 1.24. The van der Waals surface area contributed by atoms with Gasteiger partial charge >= 0.3 is 0 Å². The summed E-state index contributed by atoms with van der Waals surface area (Å²) >= 11 is 6.35. The molecule has 3 aromatic rings. The van der Waals surface area contributed by atoms with Crippen LogP contribution in [-0.2, 0) is 4.79 Å². The van der Waals surface area contributed by atoms with Gasteiger partial charge in [0.25, 0.3) is 5.91 Å². The molecule has 0 spiro atoms. The largest absolute Gasteiger partial charge is 0.367 e. The second-order valence-electron chi connectivity index (χ2n) is 8.88. The Morgan fingerprint density at radius 3 is 2.33 bits per heavy atom. The summed E-state index contributed by atoms with van der Waals surface area (Å²) in [5.41, 5.74) is 1.74. The SMILES string of the molecule is O=C(c1cccc2ccccc12)N1CCCC(C(=O)N2CCN(c3ccccc3Cl)CC2)C1. The van der Waals surface area contributed by atoms with E-state index in [-0.39, 0.29) is 17.7 Å². The highest BCUT2D eigenvalue weighted by molar-refractivity contribution is 6.33. The monoisotopic (exact) mass is 461 g/mol. The molecular weight excluding hydrogens is 434 g/mol. The maximum atomic E-state index is 13.4. The number of nitrogens with zero attached hydrogens (tertiary/aromatic N) is 3. The molecule has 6 heteroatoms. The fourth-order valence-corrected chi connectivity index (χ4v) is 5.33. The number of carbonyl (C=O) groups is 2. The van der Waals surface area contributed by atoms with Crippen LogP contribution in [0.1, 0.15) is 23.2 Å².